The second kappa shape index (κ2) is 4.94. The van der Waals surface area contributed by atoms with E-state index in [1.165, 1.54) is 0 Å². The van der Waals surface area contributed by atoms with Gasteiger partial charge in [-0.05, 0) is 32.2 Å². The predicted octanol–water partition coefficient (Wildman–Crippen LogP) is -0.0307. The first-order valence-electron chi connectivity index (χ1n) is 5.95. The fraction of sp³-hybridized carbons (Fsp3) is 0.909. The largest absolute Gasteiger partial charge is 0.393 e. The number of piperidine rings is 2. The van der Waals surface area contributed by atoms with Crippen LogP contribution >= 0.6 is 0 Å². The first-order chi connectivity index (χ1) is 7.27. The molecule has 0 aromatic heterocycles. The van der Waals surface area contributed by atoms with E-state index >= 15 is 0 Å². The average molecular weight is 212 g/mol. The summed E-state index contributed by atoms with van der Waals surface area (Å²) in [6.45, 7) is 3.34. The Bertz CT molecular complexity index is 219. The lowest BCUT2D eigenvalue weighted by Gasteiger charge is -2.33. The highest BCUT2D eigenvalue weighted by molar-refractivity contribution is 5.79. The number of nitrogens with one attached hydrogen (secondary N) is 1. The molecule has 0 aliphatic carbocycles. The first kappa shape index (κ1) is 10.9. The zero-order valence-corrected chi connectivity index (χ0v) is 9.11. The third-order valence-electron chi connectivity index (χ3n) is 3.42. The average Bonchev–Trinajstić information content (AvgIpc) is 2.30. The van der Waals surface area contributed by atoms with Crippen molar-refractivity contribution < 1.29 is 9.90 Å². The summed E-state index contributed by atoms with van der Waals surface area (Å²) in [6.07, 6.45) is 3.41. The van der Waals surface area contributed by atoms with Gasteiger partial charge in [-0.2, -0.15) is 0 Å². The van der Waals surface area contributed by atoms with E-state index in [0.29, 0.717) is 0 Å². The van der Waals surface area contributed by atoms with E-state index in [-0.39, 0.29) is 17.9 Å². The first-order valence-corrected chi connectivity index (χ1v) is 5.95. The van der Waals surface area contributed by atoms with Gasteiger partial charge in [0.2, 0.25) is 5.91 Å². The summed E-state index contributed by atoms with van der Waals surface area (Å²) >= 11 is 0. The quantitative estimate of drug-likeness (QED) is 0.642. The molecule has 2 heterocycles. The molecule has 2 rings (SSSR count). The highest BCUT2D eigenvalue weighted by Gasteiger charge is 2.28. The van der Waals surface area contributed by atoms with Crippen LogP contribution in [0.15, 0.2) is 0 Å². The molecule has 1 amide bonds. The van der Waals surface area contributed by atoms with Crippen molar-refractivity contribution in [3.8, 4) is 0 Å². The number of hydrogen-bond acceptors (Lipinski definition) is 3. The standard InChI is InChI=1S/C11H20N2O2/c14-10-3-6-13(7-4-10)11(15)9-2-1-5-12-8-9/h9-10,12,14H,1-8H2/t9-/m0/s1. The molecule has 1 atom stereocenters. The molecule has 2 N–H and O–H groups in total. The van der Waals surface area contributed by atoms with Gasteiger partial charge in [0.1, 0.15) is 0 Å². The SMILES string of the molecule is O=C([C@H]1CCCNC1)N1CCC(O)CC1. The molecule has 2 fully saturated rings. The van der Waals surface area contributed by atoms with Crippen molar-refractivity contribution in [2.45, 2.75) is 31.8 Å². The highest BCUT2D eigenvalue weighted by Crippen LogP contribution is 2.17. The number of aliphatic hydroxyl groups excluding tert-OH is 1. The minimum atomic E-state index is -0.196. The van der Waals surface area contributed by atoms with E-state index in [2.05, 4.69) is 5.32 Å². The second-order valence-electron chi connectivity index (χ2n) is 4.60. The van der Waals surface area contributed by atoms with Crippen LogP contribution in [0.3, 0.4) is 0 Å². The van der Waals surface area contributed by atoms with Crippen LogP contribution in [0, 0.1) is 5.92 Å². The summed E-state index contributed by atoms with van der Waals surface area (Å²) in [5.74, 6) is 0.461. The minimum absolute atomic E-state index is 0.175. The summed E-state index contributed by atoms with van der Waals surface area (Å²) in [4.78, 5) is 14.0. The minimum Gasteiger partial charge on any atom is -0.393 e. The van der Waals surface area contributed by atoms with Crippen LogP contribution in [0.1, 0.15) is 25.7 Å². The molecule has 0 aromatic rings. The molecular formula is C11H20N2O2. The highest BCUT2D eigenvalue weighted by atomic mass is 16.3. The molecule has 0 spiro atoms. The zero-order valence-electron chi connectivity index (χ0n) is 9.11. The maximum atomic E-state index is 12.1. The van der Waals surface area contributed by atoms with Gasteiger partial charge in [-0.25, -0.2) is 0 Å². The van der Waals surface area contributed by atoms with Gasteiger partial charge in [-0.3, -0.25) is 4.79 Å². The lowest BCUT2D eigenvalue weighted by Crippen LogP contribution is -2.46. The fourth-order valence-electron chi connectivity index (χ4n) is 2.41. The molecule has 4 heteroatoms. The number of likely N-dealkylation sites (tertiary alicyclic amines) is 1. The van der Waals surface area contributed by atoms with E-state index in [9.17, 15) is 9.90 Å². The van der Waals surface area contributed by atoms with Gasteiger partial charge < -0.3 is 15.3 Å². The molecule has 2 aliphatic rings. The lowest BCUT2D eigenvalue weighted by atomic mass is 9.96. The summed E-state index contributed by atoms with van der Waals surface area (Å²) in [5.41, 5.74) is 0. The Labute approximate surface area is 90.6 Å². The van der Waals surface area contributed by atoms with Gasteiger partial charge in [0.05, 0.1) is 12.0 Å². The topological polar surface area (TPSA) is 52.6 Å². The number of nitrogens with zero attached hydrogens (tertiary/aromatic N) is 1. The summed E-state index contributed by atoms with van der Waals surface area (Å²) in [5, 5.41) is 12.6. The third kappa shape index (κ3) is 2.69. The van der Waals surface area contributed by atoms with Crippen LogP contribution in [0.5, 0.6) is 0 Å². The van der Waals surface area contributed by atoms with Crippen molar-refractivity contribution in [1.82, 2.24) is 10.2 Å². The normalized spacial score (nSPS) is 29.1. The molecule has 0 unspecified atom stereocenters. The Hall–Kier alpha value is -0.610. The van der Waals surface area contributed by atoms with Crippen LogP contribution in [-0.2, 0) is 4.79 Å². The van der Waals surface area contributed by atoms with Crippen molar-refractivity contribution in [2.24, 2.45) is 5.92 Å². The Kier molecular flexibility index (Phi) is 3.59. The van der Waals surface area contributed by atoms with Crippen molar-refractivity contribution in [3.05, 3.63) is 0 Å². The molecule has 4 nitrogen and oxygen atoms in total. The van der Waals surface area contributed by atoms with E-state index in [4.69, 9.17) is 0 Å². The molecule has 2 saturated heterocycles. The van der Waals surface area contributed by atoms with Gasteiger partial charge in [0, 0.05) is 19.6 Å². The van der Waals surface area contributed by atoms with E-state index in [1.807, 2.05) is 4.90 Å². The summed E-state index contributed by atoms with van der Waals surface area (Å²) in [7, 11) is 0. The molecular weight excluding hydrogens is 192 g/mol. The zero-order chi connectivity index (χ0) is 10.7. The molecule has 0 aromatic carbocycles. The van der Waals surface area contributed by atoms with Gasteiger partial charge in [0.25, 0.3) is 0 Å². The van der Waals surface area contributed by atoms with Crippen molar-refractivity contribution in [1.29, 1.82) is 0 Å². The van der Waals surface area contributed by atoms with Crippen molar-refractivity contribution >= 4 is 5.91 Å². The van der Waals surface area contributed by atoms with Crippen molar-refractivity contribution in [3.63, 3.8) is 0 Å². The molecule has 0 radical (unpaired) electrons. The second-order valence-corrected chi connectivity index (χ2v) is 4.60. The van der Waals surface area contributed by atoms with Crippen LogP contribution in [0.25, 0.3) is 0 Å². The summed E-state index contributed by atoms with van der Waals surface area (Å²) in [6, 6.07) is 0. The Balaban J connectivity index is 1.84. The molecule has 0 saturated carbocycles. The molecule has 15 heavy (non-hydrogen) atoms. The monoisotopic (exact) mass is 212 g/mol. The predicted molar refractivity (Wildman–Crippen MR) is 57.4 cm³/mol. The molecule has 86 valence electrons. The number of amides is 1. The maximum Gasteiger partial charge on any atom is 0.226 e. The maximum absolute atomic E-state index is 12.1. The van der Waals surface area contributed by atoms with E-state index in [0.717, 1.165) is 51.9 Å². The lowest BCUT2D eigenvalue weighted by molar-refractivity contribution is -0.138. The van der Waals surface area contributed by atoms with Gasteiger partial charge in [0.15, 0.2) is 0 Å². The van der Waals surface area contributed by atoms with Gasteiger partial charge in [-0.1, -0.05) is 0 Å². The van der Waals surface area contributed by atoms with Gasteiger partial charge in [-0.15, -0.1) is 0 Å². The number of hydrogen-bond donors (Lipinski definition) is 2. The number of carbonyl (C=O) groups excluding carboxylic acids is 1. The van der Waals surface area contributed by atoms with Gasteiger partial charge >= 0.3 is 0 Å². The van der Waals surface area contributed by atoms with Crippen LogP contribution in [0.2, 0.25) is 0 Å². The van der Waals surface area contributed by atoms with Crippen LogP contribution in [-0.4, -0.2) is 48.2 Å². The van der Waals surface area contributed by atoms with E-state index in [1.54, 1.807) is 0 Å². The number of rotatable bonds is 1. The number of carbonyl (C=O) groups is 1. The Morgan fingerprint density at radius 2 is 2.00 bits per heavy atom. The Morgan fingerprint density at radius 3 is 2.60 bits per heavy atom. The number of aliphatic hydroxyl groups is 1. The fourth-order valence-corrected chi connectivity index (χ4v) is 2.41. The van der Waals surface area contributed by atoms with Crippen LogP contribution < -0.4 is 5.32 Å². The third-order valence-corrected chi connectivity index (χ3v) is 3.42. The Morgan fingerprint density at radius 1 is 1.27 bits per heavy atom. The summed E-state index contributed by atoms with van der Waals surface area (Å²) < 4.78 is 0. The molecule has 2 aliphatic heterocycles. The molecule has 0 bridgehead atoms. The smallest absolute Gasteiger partial charge is 0.226 e. The van der Waals surface area contributed by atoms with Crippen LogP contribution in [0.4, 0.5) is 0 Å². The van der Waals surface area contributed by atoms with E-state index < -0.39 is 0 Å². The van der Waals surface area contributed by atoms with Crippen molar-refractivity contribution in [2.75, 3.05) is 26.2 Å².